The molecule has 0 aliphatic rings. The third kappa shape index (κ3) is 6.07. The number of amides is 3. The van der Waals surface area contributed by atoms with Gasteiger partial charge in [0.15, 0.2) is 17.2 Å². The molecule has 0 radical (unpaired) electrons. The van der Waals surface area contributed by atoms with Crippen LogP contribution in [0.3, 0.4) is 0 Å². The first-order chi connectivity index (χ1) is 19.8. The molecule has 12 heteroatoms. The molecule has 41 heavy (non-hydrogen) atoms. The van der Waals surface area contributed by atoms with Crippen LogP contribution in [0, 0.1) is 0 Å². The quantitative estimate of drug-likeness (QED) is 0.245. The van der Waals surface area contributed by atoms with Gasteiger partial charge in [0.2, 0.25) is 5.91 Å². The molecule has 4 aromatic rings. The second-order valence-corrected chi connectivity index (χ2v) is 9.48. The Morgan fingerprint density at radius 3 is 2.20 bits per heavy atom. The van der Waals surface area contributed by atoms with Crippen LogP contribution in [0.4, 0.5) is 11.4 Å². The second kappa shape index (κ2) is 12.8. The van der Waals surface area contributed by atoms with Crippen LogP contribution in [-0.2, 0) is 11.3 Å². The Bertz CT molecular complexity index is 1560. The lowest BCUT2D eigenvalue weighted by Gasteiger charge is -2.32. The van der Waals surface area contributed by atoms with Gasteiger partial charge in [0, 0.05) is 6.54 Å². The lowest BCUT2D eigenvalue weighted by Crippen LogP contribution is -2.44. The molecule has 0 saturated carbocycles. The van der Waals surface area contributed by atoms with Crippen molar-refractivity contribution in [2.45, 2.75) is 12.6 Å². The standard InChI is InChI=1S/C29H29N5O6S/c1-38-20-12-8-7-11-19(20)34(29(37)26-23(30)24(27(31)35)33-41-26)25(18-13-14-21(39-2)22(15-18)40-3)28(36)32-16-17-9-5-4-6-10-17/h4-15,25H,16,30H2,1-3H3,(H2,31,35)(H,32,36)/t25-/m0/s1. The summed E-state index contributed by atoms with van der Waals surface area (Å²) in [6, 6.07) is 19.8. The fourth-order valence-corrected chi connectivity index (χ4v) is 5.00. The molecule has 4 rings (SSSR count). The zero-order valence-electron chi connectivity index (χ0n) is 22.6. The summed E-state index contributed by atoms with van der Waals surface area (Å²) in [4.78, 5) is 41.5. The Kier molecular flexibility index (Phi) is 9.05. The van der Waals surface area contributed by atoms with E-state index in [1.54, 1.807) is 42.5 Å². The molecule has 0 aliphatic heterocycles. The zero-order valence-corrected chi connectivity index (χ0v) is 23.4. The molecule has 1 aromatic heterocycles. The summed E-state index contributed by atoms with van der Waals surface area (Å²) in [5.74, 6) is -0.955. The Morgan fingerprint density at radius 2 is 1.56 bits per heavy atom. The van der Waals surface area contributed by atoms with E-state index < -0.39 is 23.8 Å². The number of hydrogen-bond donors (Lipinski definition) is 3. The first-order valence-corrected chi connectivity index (χ1v) is 13.1. The van der Waals surface area contributed by atoms with Gasteiger partial charge in [0.1, 0.15) is 16.7 Å². The second-order valence-electron chi connectivity index (χ2n) is 8.71. The number of nitrogen functional groups attached to an aromatic ring is 1. The van der Waals surface area contributed by atoms with Gasteiger partial charge in [-0.25, -0.2) is 0 Å². The molecule has 5 N–H and O–H groups in total. The topological polar surface area (TPSA) is 159 Å². The van der Waals surface area contributed by atoms with Crippen molar-refractivity contribution >= 4 is 40.6 Å². The monoisotopic (exact) mass is 575 g/mol. The fraction of sp³-hybridized carbons (Fsp3) is 0.172. The SMILES string of the molecule is COc1ccc([C@@H](C(=O)NCc2ccccc2)N(C(=O)c2snc(C(N)=O)c2N)c2ccccc2OC)cc1OC. The molecule has 11 nitrogen and oxygen atoms in total. The van der Waals surface area contributed by atoms with Crippen molar-refractivity contribution in [3.63, 3.8) is 0 Å². The number of benzene rings is 3. The average Bonchev–Trinajstić information content (AvgIpc) is 3.39. The summed E-state index contributed by atoms with van der Waals surface area (Å²) in [6.07, 6.45) is 0. The first kappa shape index (κ1) is 28.9. The molecule has 1 heterocycles. The normalized spacial score (nSPS) is 11.3. The van der Waals surface area contributed by atoms with Gasteiger partial charge < -0.3 is 31.0 Å². The van der Waals surface area contributed by atoms with E-state index in [-0.39, 0.29) is 28.5 Å². The molecule has 0 fully saturated rings. The molecule has 0 spiro atoms. The van der Waals surface area contributed by atoms with Crippen molar-refractivity contribution in [2.75, 3.05) is 32.0 Å². The van der Waals surface area contributed by atoms with E-state index in [2.05, 4.69) is 9.69 Å². The number of primary amides is 1. The summed E-state index contributed by atoms with van der Waals surface area (Å²) < 4.78 is 20.4. The van der Waals surface area contributed by atoms with Crippen molar-refractivity contribution in [3.8, 4) is 17.2 Å². The van der Waals surface area contributed by atoms with Crippen molar-refractivity contribution in [1.29, 1.82) is 0 Å². The van der Waals surface area contributed by atoms with Gasteiger partial charge in [-0.3, -0.25) is 19.3 Å². The highest BCUT2D eigenvalue weighted by molar-refractivity contribution is 7.09. The lowest BCUT2D eigenvalue weighted by atomic mass is 10.0. The van der Waals surface area contributed by atoms with Gasteiger partial charge in [-0.2, -0.15) is 4.37 Å². The van der Waals surface area contributed by atoms with Crippen LogP contribution < -0.4 is 35.9 Å². The van der Waals surface area contributed by atoms with Crippen LogP contribution >= 0.6 is 11.5 Å². The Labute approximate surface area is 240 Å². The van der Waals surface area contributed by atoms with E-state index >= 15 is 0 Å². The number of carbonyl (C=O) groups is 3. The number of hydrogen-bond acceptors (Lipinski definition) is 9. The number of nitrogens with two attached hydrogens (primary N) is 2. The molecule has 3 aromatic carbocycles. The molecular formula is C29H29N5O6S. The molecule has 0 unspecified atom stereocenters. The number of rotatable bonds is 11. The molecule has 0 bridgehead atoms. The van der Waals surface area contributed by atoms with Gasteiger partial charge in [-0.05, 0) is 46.9 Å². The van der Waals surface area contributed by atoms with Gasteiger partial charge >= 0.3 is 0 Å². The van der Waals surface area contributed by atoms with E-state index in [9.17, 15) is 14.4 Å². The minimum atomic E-state index is -1.25. The van der Waals surface area contributed by atoms with E-state index in [1.807, 2.05) is 30.3 Å². The Balaban J connectivity index is 1.91. The van der Waals surface area contributed by atoms with Crippen molar-refractivity contribution < 1.29 is 28.6 Å². The van der Waals surface area contributed by atoms with Crippen molar-refractivity contribution in [2.24, 2.45) is 5.73 Å². The van der Waals surface area contributed by atoms with Crippen molar-refractivity contribution in [1.82, 2.24) is 9.69 Å². The molecule has 0 aliphatic carbocycles. The maximum absolute atomic E-state index is 14.3. The maximum atomic E-state index is 14.3. The van der Waals surface area contributed by atoms with Gasteiger partial charge in [-0.1, -0.05) is 48.5 Å². The molecule has 3 amide bonds. The highest BCUT2D eigenvalue weighted by Crippen LogP contribution is 2.40. The van der Waals surface area contributed by atoms with E-state index in [0.29, 0.717) is 34.3 Å². The number of para-hydroxylation sites is 2. The number of nitrogens with zero attached hydrogens (tertiary/aromatic N) is 2. The smallest absolute Gasteiger partial charge is 0.273 e. The van der Waals surface area contributed by atoms with Crippen LogP contribution in [0.15, 0.2) is 72.8 Å². The maximum Gasteiger partial charge on any atom is 0.273 e. The minimum absolute atomic E-state index is 0.0638. The number of ether oxygens (including phenoxy) is 3. The third-order valence-corrected chi connectivity index (χ3v) is 7.11. The van der Waals surface area contributed by atoms with Gasteiger partial charge in [-0.15, -0.1) is 0 Å². The summed E-state index contributed by atoms with van der Waals surface area (Å²) in [5, 5.41) is 2.93. The van der Waals surface area contributed by atoms with E-state index in [0.717, 1.165) is 5.56 Å². The predicted molar refractivity (Wildman–Crippen MR) is 155 cm³/mol. The Hall–Kier alpha value is -5.10. The molecule has 1 atom stereocenters. The first-order valence-electron chi connectivity index (χ1n) is 12.4. The largest absolute Gasteiger partial charge is 0.495 e. The van der Waals surface area contributed by atoms with E-state index in [4.69, 9.17) is 25.7 Å². The van der Waals surface area contributed by atoms with Gasteiger partial charge in [0.25, 0.3) is 11.8 Å². The van der Waals surface area contributed by atoms with Crippen LogP contribution in [-0.4, -0.2) is 43.4 Å². The van der Waals surface area contributed by atoms with Crippen LogP contribution in [0.2, 0.25) is 0 Å². The summed E-state index contributed by atoms with van der Waals surface area (Å²) in [5.41, 5.74) is 12.7. The molecule has 0 saturated heterocycles. The summed E-state index contributed by atoms with van der Waals surface area (Å²) in [7, 11) is 4.42. The minimum Gasteiger partial charge on any atom is -0.495 e. The molecule has 212 valence electrons. The van der Waals surface area contributed by atoms with Crippen LogP contribution in [0.5, 0.6) is 17.2 Å². The summed E-state index contributed by atoms with van der Waals surface area (Å²) >= 11 is 0.713. The average molecular weight is 576 g/mol. The predicted octanol–water partition coefficient (Wildman–Crippen LogP) is 3.55. The fourth-order valence-electron chi connectivity index (χ4n) is 4.26. The van der Waals surface area contributed by atoms with E-state index in [1.165, 1.54) is 26.2 Å². The number of carbonyl (C=O) groups excluding carboxylic acids is 3. The molecular weight excluding hydrogens is 546 g/mol. The highest BCUT2D eigenvalue weighted by Gasteiger charge is 2.37. The van der Waals surface area contributed by atoms with Crippen LogP contribution in [0.1, 0.15) is 37.3 Å². The number of anilines is 2. The number of methoxy groups -OCH3 is 3. The number of aromatic nitrogens is 1. The van der Waals surface area contributed by atoms with Crippen LogP contribution in [0.25, 0.3) is 0 Å². The third-order valence-electron chi connectivity index (χ3n) is 6.26. The Morgan fingerprint density at radius 1 is 0.902 bits per heavy atom. The highest BCUT2D eigenvalue weighted by atomic mass is 32.1. The zero-order chi connectivity index (χ0) is 29.5. The summed E-state index contributed by atoms with van der Waals surface area (Å²) in [6.45, 7) is 0.200. The number of nitrogens with one attached hydrogen (secondary N) is 1. The van der Waals surface area contributed by atoms with Crippen molar-refractivity contribution in [3.05, 3.63) is 94.5 Å². The lowest BCUT2D eigenvalue weighted by molar-refractivity contribution is -0.122. The van der Waals surface area contributed by atoms with Gasteiger partial charge in [0.05, 0.1) is 32.7 Å².